The Morgan fingerprint density at radius 1 is 1.56 bits per heavy atom. The molecule has 0 bridgehead atoms. The van der Waals surface area contributed by atoms with Crippen molar-refractivity contribution in [1.82, 2.24) is 5.32 Å². The molecule has 1 atom stereocenters. The summed E-state index contributed by atoms with van der Waals surface area (Å²) in [6.07, 6.45) is 1.81. The standard InChI is InChI=1S/C13H16ClFN2O/c1-13(5-2-6-16-8-13)12(18)17-9-3-4-10(14)11(15)7-9/h3-4,7,16H,2,5-6,8H2,1H3,(H,17,18). The molecule has 18 heavy (non-hydrogen) atoms. The summed E-state index contributed by atoms with van der Waals surface area (Å²) in [6.45, 7) is 3.51. The Balaban J connectivity index is 2.08. The molecule has 1 heterocycles. The second-order valence-corrected chi connectivity index (χ2v) is 5.33. The molecule has 98 valence electrons. The lowest BCUT2D eigenvalue weighted by Gasteiger charge is -2.32. The Kier molecular flexibility index (Phi) is 3.88. The van der Waals surface area contributed by atoms with Crippen LogP contribution in [-0.2, 0) is 4.79 Å². The van der Waals surface area contributed by atoms with Gasteiger partial charge in [0.1, 0.15) is 5.82 Å². The van der Waals surface area contributed by atoms with Gasteiger partial charge < -0.3 is 10.6 Å². The Morgan fingerprint density at radius 3 is 2.94 bits per heavy atom. The van der Waals surface area contributed by atoms with Crippen LogP contribution in [0, 0.1) is 11.2 Å². The molecule has 1 aromatic carbocycles. The van der Waals surface area contributed by atoms with E-state index in [4.69, 9.17) is 11.6 Å². The summed E-state index contributed by atoms with van der Waals surface area (Å²) in [5, 5.41) is 6.00. The lowest BCUT2D eigenvalue weighted by Crippen LogP contribution is -2.46. The number of piperidine rings is 1. The van der Waals surface area contributed by atoms with Gasteiger partial charge in [-0.15, -0.1) is 0 Å². The predicted molar refractivity (Wildman–Crippen MR) is 70.3 cm³/mol. The number of nitrogens with one attached hydrogen (secondary N) is 2. The van der Waals surface area contributed by atoms with Gasteiger partial charge in [-0.05, 0) is 44.5 Å². The molecular formula is C13H16ClFN2O. The van der Waals surface area contributed by atoms with Gasteiger partial charge >= 0.3 is 0 Å². The quantitative estimate of drug-likeness (QED) is 0.868. The Hall–Kier alpha value is -1.13. The first-order chi connectivity index (χ1) is 8.51. The van der Waals surface area contributed by atoms with Gasteiger partial charge in [-0.25, -0.2) is 4.39 Å². The molecule has 1 saturated heterocycles. The van der Waals surface area contributed by atoms with Crippen LogP contribution in [0.2, 0.25) is 5.02 Å². The monoisotopic (exact) mass is 270 g/mol. The second kappa shape index (κ2) is 5.24. The minimum Gasteiger partial charge on any atom is -0.325 e. The zero-order valence-corrected chi connectivity index (χ0v) is 11.0. The minimum absolute atomic E-state index is 0.0542. The summed E-state index contributed by atoms with van der Waals surface area (Å²) >= 11 is 5.60. The van der Waals surface area contributed by atoms with Crippen LogP contribution in [0.1, 0.15) is 19.8 Å². The van der Waals surface area contributed by atoms with Crippen molar-refractivity contribution < 1.29 is 9.18 Å². The molecule has 1 aromatic rings. The number of hydrogen-bond acceptors (Lipinski definition) is 2. The van der Waals surface area contributed by atoms with E-state index in [1.54, 1.807) is 6.07 Å². The summed E-state index contributed by atoms with van der Waals surface area (Å²) in [7, 11) is 0. The molecule has 0 saturated carbocycles. The topological polar surface area (TPSA) is 41.1 Å². The van der Waals surface area contributed by atoms with Crippen LogP contribution in [0.25, 0.3) is 0 Å². The second-order valence-electron chi connectivity index (χ2n) is 4.92. The highest BCUT2D eigenvalue weighted by molar-refractivity contribution is 6.30. The van der Waals surface area contributed by atoms with Crippen LogP contribution in [0.4, 0.5) is 10.1 Å². The zero-order chi connectivity index (χ0) is 13.2. The largest absolute Gasteiger partial charge is 0.325 e. The van der Waals surface area contributed by atoms with E-state index in [-0.39, 0.29) is 10.9 Å². The van der Waals surface area contributed by atoms with Crippen LogP contribution in [-0.4, -0.2) is 19.0 Å². The molecule has 1 unspecified atom stereocenters. The van der Waals surface area contributed by atoms with Crippen molar-refractivity contribution in [2.24, 2.45) is 5.41 Å². The molecule has 2 N–H and O–H groups in total. The van der Waals surface area contributed by atoms with E-state index in [1.807, 2.05) is 6.92 Å². The molecule has 3 nitrogen and oxygen atoms in total. The van der Waals surface area contributed by atoms with Gasteiger partial charge in [-0.3, -0.25) is 4.79 Å². The number of benzene rings is 1. The molecular weight excluding hydrogens is 255 g/mol. The summed E-state index contributed by atoms with van der Waals surface area (Å²) in [4.78, 5) is 12.2. The van der Waals surface area contributed by atoms with Gasteiger partial charge in [0, 0.05) is 12.2 Å². The van der Waals surface area contributed by atoms with Crippen molar-refractivity contribution in [1.29, 1.82) is 0 Å². The van der Waals surface area contributed by atoms with Gasteiger partial charge in [-0.1, -0.05) is 11.6 Å². The minimum atomic E-state index is -0.526. The first-order valence-corrected chi connectivity index (χ1v) is 6.36. The highest BCUT2D eigenvalue weighted by Crippen LogP contribution is 2.28. The highest BCUT2D eigenvalue weighted by Gasteiger charge is 2.34. The van der Waals surface area contributed by atoms with Gasteiger partial charge in [0.15, 0.2) is 0 Å². The molecule has 0 radical (unpaired) electrons. The summed E-state index contributed by atoms with van der Waals surface area (Å²) in [6, 6.07) is 4.27. The molecule has 0 aliphatic carbocycles. The van der Waals surface area contributed by atoms with Crippen molar-refractivity contribution >= 4 is 23.2 Å². The number of carbonyl (C=O) groups excluding carboxylic acids is 1. The van der Waals surface area contributed by atoms with E-state index in [0.717, 1.165) is 19.4 Å². The van der Waals surface area contributed by atoms with E-state index in [1.165, 1.54) is 12.1 Å². The first-order valence-electron chi connectivity index (χ1n) is 5.98. The Morgan fingerprint density at radius 2 is 2.33 bits per heavy atom. The normalized spacial score (nSPS) is 23.7. The first kappa shape index (κ1) is 13.3. The maximum absolute atomic E-state index is 13.3. The zero-order valence-electron chi connectivity index (χ0n) is 10.2. The van der Waals surface area contributed by atoms with E-state index in [2.05, 4.69) is 10.6 Å². The molecule has 5 heteroatoms. The lowest BCUT2D eigenvalue weighted by molar-refractivity contribution is -0.125. The average molecular weight is 271 g/mol. The third-order valence-corrected chi connectivity index (χ3v) is 3.63. The van der Waals surface area contributed by atoms with Crippen molar-refractivity contribution in [3.8, 4) is 0 Å². The summed E-state index contributed by atoms with van der Waals surface area (Å²) < 4.78 is 13.3. The van der Waals surface area contributed by atoms with E-state index < -0.39 is 11.2 Å². The number of amides is 1. The molecule has 1 aliphatic heterocycles. The third kappa shape index (κ3) is 2.82. The van der Waals surface area contributed by atoms with Crippen molar-refractivity contribution in [2.75, 3.05) is 18.4 Å². The maximum Gasteiger partial charge on any atom is 0.231 e. The predicted octanol–water partition coefficient (Wildman–Crippen LogP) is 2.81. The molecule has 0 spiro atoms. The molecule has 2 rings (SSSR count). The average Bonchev–Trinajstić information content (AvgIpc) is 2.35. The van der Waals surface area contributed by atoms with Crippen LogP contribution >= 0.6 is 11.6 Å². The van der Waals surface area contributed by atoms with E-state index in [9.17, 15) is 9.18 Å². The fourth-order valence-corrected chi connectivity index (χ4v) is 2.22. The Labute approximate surface area is 111 Å². The fraction of sp³-hybridized carbons (Fsp3) is 0.462. The number of hydrogen-bond donors (Lipinski definition) is 2. The number of rotatable bonds is 2. The number of carbonyl (C=O) groups is 1. The van der Waals surface area contributed by atoms with E-state index >= 15 is 0 Å². The molecule has 1 fully saturated rings. The van der Waals surface area contributed by atoms with Gasteiger partial charge in [0.2, 0.25) is 5.91 Å². The molecule has 1 amide bonds. The molecule has 1 aliphatic rings. The summed E-state index contributed by atoms with van der Waals surface area (Å²) in [5.74, 6) is -0.613. The SMILES string of the molecule is CC1(C(=O)Nc2ccc(Cl)c(F)c2)CCCNC1. The smallest absolute Gasteiger partial charge is 0.231 e. The lowest BCUT2D eigenvalue weighted by atomic mass is 9.82. The van der Waals surface area contributed by atoms with Crippen molar-refractivity contribution in [3.05, 3.63) is 29.0 Å². The van der Waals surface area contributed by atoms with Gasteiger partial charge in [-0.2, -0.15) is 0 Å². The number of anilines is 1. The van der Waals surface area contributed by atoms with Crippen LogP contribution < -0.4 is 10.6 Å². The molecule has 0 aromatic heterocycles. The van der Waals surface area contributed by atoms with Crippen LogP contribution in [0.5, 0.6) is 0 Å². The van der Waals surface area contributed by atoms with Crippen LogP contribution in [0.3, 0.4) is 0 Å². The highest BCUT2D eigenvalue weighted by atomic mass is 35.5. The Bertz CT molecular complexity index is 458. The van der Waals surface area contributed by atoms with Crippen molar-refractivity contribution in [2.45, 2.75) is 19.8 Å². The number of halogens is 2. The summed E-state index contributed by atoms with van der Waals surface area (Å²) in [5.41, 5.74) is 0.00246. The fourth-order valence-electron chi connectivity index (χ4n) is 2.11. The maximum atomic E-state index is 13.3. The van der Waals surface area contributed by atoms with Crippen LogP contribution in [0.15, 0.2) is 18.2 Å². The van der Waals surface area contributed by atoms with Crippen molar-refractivity contribution in [3.63, 3.8) is 0 Å². The van der Waals surface area contributed by atoms with E-state index in [0.29, 0.717) is 12.2 Å². The third-order valence-electron chi connectivity index (χ3n) is 3.32. The van der Waals surface area contributed by atoms with Gasteiger partial charge in [0.05, 0.1) is 10.4 Å². The van der Waals surface area contributed by atoms with Gasteiger partial charge in [0.25, 0.3) is 0 Å².